The van der Waals surface area contributed by atoms with Gasteiger partial charge >= 0.3 is 0 Å². The Morgan fingerprint density at radius 3 is 2.83 bits per heavy atom. The van der Waals surface area contributed by atoms with Crippen LogP contribution in [0, 0.1) is 16.3 Å². The fourth-order valence-corrected chi connectivity index (χ4v) is 3.09. The molecule has 0 saturated carbocycles. The quantitative estimate of drug-likeness (QED) is 0.721. The number of carbonyl (C=O) groups excluding carboxylic acids is 2. The monoisotopic (exact) mass is 424 g/mol. The Hall–Kier alpha value is -1.96. The van der Waals surface area contributed by atoms with E-state index in [9.17, 15) is 14.0 Å². The number of hydrogen-bond acceptors (Lipinski definition) is 2. The van der Waals surface area contributed by atoms with E-state index in [0.29, 0.717) is 16.9 Å². The average molecular weight is 424 g/mol. The van der Waals surface area contributed by atoms with E-state index in [0.717, 1.165) is 9.13 Å². The number of nitrogens with one attached hydrogen (secondary N) is 2. The molecule has 0 radical (unpaired) electrons. The van der Waals surface area contributed by atoms with E-state index in [1.807, 2.05) is 25.1 Å². The molecule has 2 aromatic carbocycles. The minimum absolute atomic E-state index is 0.0490. The second-order valence-electron chi connectivity index (χ2n) is 5.49. The van der Waals surface area contributed by atoms with Gasteiger partial charge in [-0.05, 0) is 64.9 Å². The second-order valence-corrected chi connectivity index (χ2v) is 6.65. The van der Waals surface area contributed by atoms with Crippen molar-refractivity contribution < 1.29 is 14.0 Å². The number of aryl methyl sites for hydroxylation is 1. The highest BCUT2D eigenvalue weighted by atomic mass is 127. The number of benzene rings is 2. The third-order valence-electron chi connectivity index (χ3n) is 3.81. The van der Waals surface area contributed by atoms with E-state index in [-0.39, 0.29) is 18.2 Å². The Morgan fingerprint density at radius 2 is 2.09 bits per heavy atom. The van der Waals surface area contributed by atoms with Crippen molar-refractivity contribution >= 4 is 45.8 Å². The zero-order chi connectivity index (χ0) is 16.6. The molecule has 23 heavy (non-hydrogen) atoms. The molecule has 0 aromatic heterocycles. The Kier molecular flexibility index (Phi) is 4.34. The smallest absolute Gasteiger partial charge is 0.232 e. The van der Waals surface area contributed by atoms with Gasteiger partial charge in [-0.2, -0.15) is 0 Å². The van der Waals surface area contributed by atoms with Crippen LogP contribution in [0.1, 0.15) is 23.5 Å². The standard InChI is InChI=1S/C17H14FIN2O2/c1-9-2-4-11(7-14(9)19)20-17(23)13-8-16(22)21-15-6-10(18)3-5-12(13)15/h2-7,13H,8H2,1H3,(H,20,23)(H,21,22). The first-order valence-corrected chi connectivity index (χ1v) is 8.18. The molecule has 1 heterocycles. The van der Waals surface area contributed by atoms with Gasteiger partial charge in [0, 0.05) is 21.4 Å². The van der Waals surface area contributed by atoms with Gasteiger partial charge in [0.05, 0.1) is 5.92 Å². The van der Waals surface area contributed by atoms with Gasteiger partial charge in [0.2, 0.25) is 11.8 Å². The third-order valence-corrected chi connectivity index (χ3v) is 4.97. The van der Waals surface area contributed by atoms with Gasteiger partial charge in [0.25, 0.3) is 0 Å². The molecule has 1 aliphatic rings. The summed E-state index contributed by atoms with van der Waals surface area (Å²) < 4.78 is 14.4. The Bertz CT molecular complexity index is 807. The number of halogens is 2. The molecule has 0 fully saturated rings. The van der Waals surface area contributed by atoms with Crippen molar-refractivity contribution in [3.63, 3.8) is 0 Å². The van der Waals surface area contributed by atoms with E-state index in [1.165, 1.54) is 12.1 Å². The van der Waals surface area contributed by atoms with Crippen molar-refractivity contribution in [2.24, 2.45) is 0 Å². The maximum atomic E-state index is 13.3. The summed E-state index contributed by atoms with van der Waals surface area (Å²) in [5.41, 5.74) is 2.80. The van der Waals surface area contributed by atoms with Crippen LogP contribution in [0.15, 0.2) is 36.4 Å². The van der Waals surface area contributed by atoms with Crippen molar-refractivity contribution in [1.82, 2.24) is 0 Å². The van der Waals surface area contributed by atoms with Gasteiger partial charge < -0.3 is 10.6 Å². The minimum Gasteiger partial charge on any atom is -0.326 e. The molecule has 118 valence electrons. The number of hydrogen-bond donors (Lipinski definition) is 2. The summed E-state index contributed by atoms with van der Waals surface area (Å²) in [5, 5.41) is 5.44. The van der Waals surface area contributed by atoms with Crippen LogP contribution < -0.4 is 10.6 Å². The first kappa shape index (κ1) is 15.9. The summed E-state index contributed by atoms with van der Waals surface area (Å²) in [5.74, 6) is -1.63. The number of carbonyl (C=O) groups is 2. The van der Waals surface area contributed by atoms with Crippen molar-refractivity contribution in [3.8, 4) is 0 Å². The van der Waals surface area contributed by atoms with Gasteiger partial charge in [-0.3, -0.25) is 9.59 Å². The van der Waals surface area contributed by atoms with E-state index in [2.05, 4.69) is 33.2 Å². The molecule has 2 amide bonds. The van der Waals surface area contributed by atoms with Crippen LogP contribution in [-0.4, -0.2) is 11.8 Å². The first-order chi connectivity index (χ1) is 10.9. The van der Waals surface area contributed by atoms with E-state index in [1.54, 1.807) is 6.07 Å². The lowest BCUT2D eigenvalue weighted by Gasteiger charge is -2.25. The molecule has 3 rings (SSSR count). The summed E-state index contributed by atoms with van der Waals surface area (Å²) in [7, 11) is 0. The lowest BCUT2D eigenvalue weighted by molar-refractivity contribution is -0.123. The molecular formula is C17H14FIN2O2. The maximum Gasteiger partial charge on any atom is 0.232 e. The average Bonchev–Trinajstić information content (AvgIpc) is 2.49. The maximum absolute atomic E-state index is 13.3. The van der Waals surface area contributed by atoms with Crippen LogP contribution in [0.2, 0.25) is 0 Å². The van der Waals surface area contributed by atoms with E-state index >= 15 is 0 Å². The molecule has 1 unspecified atom stereocenters. The number of fused-ring (bicyclic) bond motifs is 1. The van der Waals surface area contributed by atoms with E-state index < -0.39 is 11.7 Å². The summed E-state index contributed by atoms with van der Waals surface area (Å²) in [6.07, 6.45) is 0.0490. The Balaban J connectivity index is 1.87. The van der Waals surface area contributed by atoms with Crippen LogP contribution in [-0.2, 0) is 9.59 Å². The molecule has 0 spiro atoms. The van der Waals surface area contributed by atoms with Crippen molar-refractivity contribution in [3.05, 3.63) is 56.9 Å². The Labute approximate surface area is 146 Å². The normalized spacial score (nSPS) is 16.5. The molecule has 2 N–H and O–H groups in total. The molecule has 1 aliphatic heterocycles. The third kappa shape index (κ3) is 3.36. The van der Waals surface area contributed by atoms with E-state index in [4.69, 9.17) is 0 Å². The summed E-state index contributed by atoms with van der Waals surface area (Å²) in [4.78, 5) is 24.4. The topological polar surface area (TPSA) is 58.2 Å². The molecule has 0 bridgehead atoms. The van der Waals surface area contributed by atoms with Crippen LogP contribution in [0.3, 0.4) is 0 Å². The summed E-state index contributed by atoms with van der Waals surface area (Å²) in [6, 6.07) is 9.71. The molecule has 0 saturated heterocycles. The highest BCUT2D eigenvalue weighted by Gasteiger charge is 2.31. The van der Waals surface area contributed by atoms with Gasteiger partial charge in [-0.25, -0.2) is 4.39 Å². The lowest BCUT2D eigenvalue weighted by Crippen LogP contribution is -2.30. The molecule has 0 aliphatic carbocycles. The van der Waals surface area contributed by atoms with Gasteiger partial charge in [0.15, 0.2) is 0 Å². The van der Waals surface area contributed by atoms with Gasteiger partial charge in [-0.15, -0.1) is 0 Å². The van der Waals surface area contributed by atoms with Gasteiger partial charge in [0.1, 0.15) is 5.82 Å². The highest BCUT2D eigenvalue weighted by Crippen LogP contribution is 2.33. The largest absolute Gasteiger partial charge is 0.326 e. The van der Waals surface area contributed by atoms with Crippen molar-refractivity contribution in [1.29, 1.82) is 0 Å². The molecule has 4 nitrogen and oxygen atoms in total. The SMILES string of the molecule is Cc1ccc(NC(=O)C2CC(=O)Nc3cc(F)ccc32)cc1I. The predicted octanol–water partition coefficient (Wildman–Crippen LogP) is 3.80. The second kappa shape index (κ2) is 6.27. The molecular weight excluding hydrogens is 410 g/mol. The van der Waals surface area contributed by atoms with Gasteiger partial charge in [-0.1, -0.05) is 12.1 Å². The first-order valence-electron chi connectivity index (χ1n) is 7.10. The zero-order valence-electron chi connectivity index (χ0n) is 12.3. The fourth-order valence-electron chi connectivity index (χ4n) is 2.57. The summed E-state index contributed by atoms with van der Waals surface area (Å²) >= 11 is 2.20. The van der Waals surface area contributed by atoms with Crippen LogP contribution in [0.5, 0.6) is 0 Å². The molecule has 2 aromatic rings. The highest BCUT2D eigenvalue weighted by molar-refractivity contribution is 14.1. The van der Waals surface area contributed by atoms with Crippen LogP contribution in [0.25, 0.3) is 0 Å². The number of rotatable bonds is 2. The summed E-state index contributed by atoms with van der Waals surface area (Å²) in [6.45, 7) is 1.99. The molecule has 1 atom stereocenters. The van der Waals surface area contributed by atoms with Crippen LogP contribution >= 0.6 is 22.6 Å². The Morgan fingerprint density at radius 1 is 1.30 bits per heavy atom. The zero-order valence-corrected chi connectivity index (χ0v) is 14.5. The predicted molar refractivity (Wildman–Crippen MR) is 94.9 cm³/mol. The van der Waals surface area contributed by atoms with Crippen molar-refractivity contribution in [2.45, 2.75) is 19.3 Å². The number of anilines is 2. The minimum atomic E-state index is -0.627. The number of amides is 2. The van der Waals surface area contributed by atoms with Crippen molar-refractivity contribution in [2.75, 3.05) is 10.6 Å². The fraction of sp³-hybridized carbons (Fsp3) is 0.176. The van der Waals surface area contributed by atoms with Crippen LogP contribution in [0.4, 0.5) is 15.8 Å². The lowest BCUT2D eigenvalue weighted by atomic mass is 9.89. The molecule has 6 heteroatoms.